The third-order valence-electron chi connectivity index (χ3n) is 3.31. The van der Waals surface area contributed by atoms with Gasteiger partial charge in [-0.25, -0.2) is 4.79 Å². The van der Waals surface area contributed by atoms with Crippen molar-refractivity contribution >= 4 is 18.1 Å². The van der Waals surface area contributed by atoms with Gasteiger partial charge in [0, 0.05) is 19.8 Å². The molecule has 0 spiro atoms. The summed E-state index contributed by atoms with van der Waals surface area (Å²) in [5, 5.41) is 0. The maximum atomic E-state index is 11.6. The van der Waals surface area contributed by atoms with E-state index in [0.29, 0.717) is 12.8 Å². The molecule has 1 unspecified atom stereocenters. The lowest BCUT2D eigenvalue weighted by atomic mass is 10.1. The van der Waals surface area contributed by atoms with Gasteiger partial charge in [0.1, 0.15) is 0 Å². The molecule has 0 heterocycles. The van der Waals surface area contributed by atoms with Crippen LogP contribution in [0.15, 0.2) is 0 Å². The minimum Gasteiger partial charge on any atom is -0.469 e. The van der Waals surface area contributed by atoms with E-state index in [4.69, 9.17) is 9.47 Å². The Morgan fingerprint density at radius 3 is 1.79 bits per heavy atom. The lowest BCUT2D eigenvalue weighted by Gasteiger charge is -2.13. The van der Waals surface area contributed by atoms with E-state index in [1.807, 2.05) is 0 Å². The van der Waals surface area contributed by atoms with Crippen LogP contribution in [0.1, 0.15) is 71.6 Å². The highest BCUT2D eigenvalue weighted by atomic mass is 16.8. The van der Waals surface area contributed by atoms with E-state index in [1.165, 1.54) is 14.0 Å². The van der Waals surface area contributed by atoms with E-state index >= 15 is 0 Å². The SMILES string of the molecule is CCOC(=O)OC(C)OC(=O)CCCCCCCCCC(=O)OC. The van der Waals surface area contributed by atoms with Gasteiger partial charge in [0.2, 0.25) is 6.29 Å². The van der Waals surface area contributed by atoms with E-state index in [9.17, 15) is 14.4 Å². The number of rotatable bonds is 13. The van der Waals surface area contributed by atoms with Gasteiger partial charge < -0.3 is 18.9 Å². The normalized spacial score (nSPS) is 11.5. The molecule has 0 radical (unpaired) electrons. The highest BCUT2D eigenvalue weighted by molar-refractivity contribution is 5.69. The first kappa shape index (κ1) is 22.2. The monoisotopic (exact) mass is 346 g/mol. The fraction of sp³-hybridized carbons (Fsp3) is 0.824. The molecule has 0 amide bonds. The molecule has 0 rings (SSSR count). The predicted molar refractivity (Wildman–Crippen MR) is 87.2 cm³/mol. The summed E-state index contributed by atoms with van der Waals surface area (Å²) in [5.41, 5.74) is 0. The van der Waals surface area contributed by atoms with Gasteiger partial charge in [-0.1, -0.05) is 32.1 Å². The Kier molecular flexibility index (Phi) is 13.7. The van der Waals surface area contributed by atoms with Gasteiger partial charge in [-0.05, 0) is 19.8 Å². The Morgan fingerprint density at radius 1 is 0.792 bits per heavy atom. The highest BCUT2D eigenvalue weighted by Crippen LogP contribution is 2.11. The molecule has 1 atom stereocenters. The van der Waals surface area contributed by atoms with E-state index in [2.05, 4.69) is 9.47 Å². The maximum Gasteiger partial charge on any atom is 0.511 e. The van der Waals surface area contributed by atoms with Gasteiger partial charge in [0.05, 0.1) is 13.7 Å². The first-order valence-electron chi connectivity index (χ1n) is 8.59. The molecule has 0 N–H and O–H groups in total. The van der Waals surface area contributed by atoms with E-state index < -0.39 is 12.4 Å². The number of hydrogen-bond donors (Lipinski definition) is 0. The van der Waals surface area contributed by atoms with Crippen LogP contribution >= 0.6 is 0 Å². The molecule has 0 saturated carbocycles. The average molecular weight is 346 g/mol. The van der Waals surface area contributed by atoms with Crippen molar-refractivity contribution in [1.29, 1.82) is 0 Å². The standard InChI is InChI=1S/C17H30O7/c1-4-22-17(20)24-14(2)23-16(19)13-11-9-7-5-6-8-10-12-15(18)21-3/h14H,4-13H2,1-3H3. The molecule has 0 aromatic rings. The zero-order valence-electron chi connectivity index (χ0n) is 15.0. The van der Waals surface area contributed by atoms with Crippen molar-refractivity contribution < 1.29 is 33.3 Å². The van der Waals surface area contributed by atoms with Crippen molar-refractivity contribution in [2.45, 2.75) is 77.9 Å². The zero-order valence-corrected chi connectivity index (χ0v) is 15.0. The molecule has 0 fully saturated rings. The number of carbonyl (C=O) groups excluding carboxylic acids is 3. The van der Waals surface area contributed by atoms with Gasteiger partial charge in [-0.3, -0.25) is 9.59 Å². The van der Waals surface area contributed by atoms with Crippen molar-refractivity contribution in [2.75, 3.05) is 13.7 Å². The fourth-order valence-corrected chi connectivity index (χ4v) is 2.08. The summed E-state index contributed by atoms with van der Waals surface area (Å²) in [4.78, 5) is 33.5. The second kappa shape index (κ2) is 14.8. The number of hydrogen-bond acceptors (Lipinski definition) is 7. The predicted octanol–water partition coefficient (Wildman–Crippen LogP) is 3.73. The smallest absolute Gasteiger partial charge is 0.469 e. The van der Waals surface area contributed by atoms with Crippen molar-refractivity contribution in [3.05, 3.63) is 0 Å². The zero-order chi connectivity index (χ0) is 18.2. The number of unbranched alkanes of at least 4 members (excludes halogenated alkanes) is 6. The van der Waals surface area contributed by atoms with Crippen LogP contribution in [0.5, 0.6) is 0 Å². The van der Waals surface area contributed by atoms with Crippen LogP contribution in [-0.2, 0) is 28.5 Å². The summed E-state index contributed by atoms with van der Waals surface area (Å²) in [6, 6.07) is 0. The number of methoxy groups -OCH3 is 1. The van der Waals surface area contributed by atoms with Crippen LogP contribution in [0.25, 0.3) is 0 Å². The number of carbonyl (C=O) groups is 3. The summed E-state index contributed by atoms with van der Waals surface area (Å²) >= 11 is 0. The van der Waals surface area contributed by atoms with Gasteiger partial charge in [0.25, 0.3) is 0 Å². The summed E-state index contributed by atoms with van der Waals surface area (Å²) in [7, 11) is 1.40. The van der Waals surface area contributed by atoms with E-state index in [-0.39, 0.29) is 18.5 Å². The molecule has 140 valence electrons. The lowest BCUT2D eigenvalue weighted by molar-refractivity contribution is -0.168. The molecular formula is C17H30O7. The minimum atomic E-state index is -0.939. The molecule has 0 aliphatic rings. The van der Waals surface area contributed by atoms with Crippen LogP contribution in [0.3, 0.4) is 0 Å². The van der Waals surface area contributed by atoms with Gasteiger partial charge in [-0.15, -0.1) is 0 Å². The molecule has 0 saturated heterocycles. The molecule has 0 aliphatic carbocycles. The summed E-state index contributed by atoms with van der Waals surface area (Å²) < 4.78 is 18.9. The third-order valence-corrected chi connectivity index (χ3v) is 3.31. The molecule has 0 aromatic carbocycles. The number of esters is 2. The third kappa shape index (κ3) is 13.8. The summed E-state index contributed by atoms with van der Waals surface area (Å²) in [6.45, 7) is 3.35. The molecule has 0 aromatic heterocycles. The Balaban J connectivity index is 3.46. The van der Waals surface area contributed by atoms with Crippen LogP contribution in [-0.4, -0.2) is 38.1 Å². The van der Waals surface area contributed by atoms with Crippen molar-refractivity contribution in [3.8, 4) is 0 Å². The van der Waals surface area contributed by atoms with Crippen molar-refractivity contribution in [2.24, 2.45) is 0 Å². The minimum absolute atomic E-state index is 0.158. The van der Waals surface area contributed by atoms with Gasteiger partial charge in [0.15, 0.2) is 0 Å². The van der Waals surface area contributed by atoms with Crippen molar-refractivity contribution in [3.63, 3.8) is 0 Å². The van der Waals surface area contributed by atoms with E-state index in [1.54, 1.807) is 6.92 Å². The quantitative estimate of drug-likeness (QED) is 0.217. The second-order valence-corrected chi connectivity index (χ2v) is 5.41. The Bertz CT molecular complexity index is 368. The average Bonchev–Trinajstić information content (AvgIpc) is 2.52. The molecule has 7 nitrogen and oxygen atoms in total. The van der Waals surface area contributed by atoms with Crippen LogP contribution in [0.4, 0.5) is 4.79 Å². The maximum absolute atomic E-state index is 11.6. The fourth-order valence-electron chi connectivity index (χ4n) is 2.08. The molecule has 0 bridgehead atoms. The molecule has 0 aliphatic heterocycles. The van der Waals surface area contributed by atoms with Crippen LogP contribution in [0.2, 0.25) is 0 Å². The van der Waals surface area contributed by atoms with Gasteiger partial charge >= 0.3 is 18.1 Å². The largest absolute Gasteiger partial charge is 0.511 e. The molecular weight excluding hydrogens is 316 g/mol. The van der Waals surface area contributed by atoms with Gasteiger partial charge in [-0.2, -0.15) is 0 Å². The molecule has 24 heavy (non-hydrogen) atoms. The Labute approximate surface area is 144 Å². The molecule has 7 heteroatoms. The summed E-state index contributed by atoms with van der Waals surface area (Å²) in [6.07, 6.45) is 5.76. The second-order valence-electron chi connectivity index (χ2n) is 5.41. The van der Waals surface area contributed by atoms with Crippen LogP contribution < -0.4 is 0 Å². The lowest BCUT2D eigenvalue weighted by Crippen LogP contribution is -2.22. The Morgan fingerprint density at radius 2 is 1.29 bits per heavy atom. The first-order chi connectivity index (χ1) is 11.5. The van der Waals surface area contributed by atoms with E-state index in [0.717, 1.165) is 44.9 Å². The Hall–Kier alpha value is -1.79. The topological polar surface area (TPSA) is 88.1 Å². The van der Waals surface area contributed by atoms with Crippen LogP contribution in [0, 0.1) is 0 Å². The van der Waals surface area contributed by atoms with Crippen molar-refractivity contribution in [1.82, 2.24) is 0 Å². The highest BCUT2D eigenvalue weighted by Gasteiger charge is 2.14. The first-order valence-corrected chi connectivity index (χ1v) is 8.59. The number of ether oxygens (including phenoxy) is 4. The summed E-state index contributed by atoms with van der Waals surface area (Å²) in [5.74, 6) is -0.542.